The minimum atomic E-state index is -0.681. The standard InChI is InChI=1S/C61H121Cl5N4O2.C61H126N4O7.CH4O.ClH/c1-9-14-19-24-29-34-39-55(62)50-68(51-56(63)40-35-30-25-20-15-10-2)46-44-67(48-49-70(60(71)72-61(6,7)8)54-59(66)43-38-33-28-23-18-13-5)45-47-69(52-57(64)41-36-31-26-21-16-11-3)53-58(65)42-37-32-27-22-17-12-4;1-9-14-19-24-29-34-39-55(66)50-63(51-56(67)40-35-30-25-20-15-10-2)46-44-62(48-49-65(60(71)72-61(6,7)8)54-59(70)43-38-33-28-23-18-13-5)45-47-64(52-57(68)41-36-31-26-21-16-11-3)53-58(69)42-37-32-27-22-17-12-4;1-2;/h55-59H,9-54H2,1-8H3;55-59,66-70H,9-54H2,1-8H3;2H,1H3;1H. The van der Waals surface area contributed by atoms with Crippen molar-refractivity contribution in [1.82, 2.24) is 39.2 Å². The molecule has 2 amide bonds. The summed E-state index contributed by atoms with van der Waals surface area (Å²) in [4.78, 5) is 46.0. The maximum absolute atomic E-state index is 14.0. The van der Waals surface area contributed by atoms with Gasteiger partial charge >= 0.3 is 12.2 Å². The molecule has 0 saturated heterocycles. The van der Waals surface area contributed by atoms with Gasteiger partial charge in [-0.05, 0) is 106 Å². The van der Waals surface area contributed by atoms with Crippen molar-refractivity contribution in [2.75, 3.05) is 151 Å². The average Bonchev–Trinajstić information content (AvgIpc) is 0.862. The van der Waals surface area contributed by atoms with Crippen LogP contribution in [0.25, 0.3) is 0 Å². The summed E-state index contributed by atoms with van der Waals surface area (Å²) >= 11 is 36.0. The number of carbonyl (C=O) groups is 2. The van der Waals surface area contributed by atoms with Gasteiger partial charge in [-0.3, -0.25) is 29.4 Å². The molecule has 0 rings (SSSR count). The lowest BCUT2D eigenvalue weighted by Crippen LogP contribution is -2.49. The van der Waals surface area contributed by atoms with E-state index in [1.807, 2.05) is 46.4 Å². The Kier molecular flexibility index (Phi) is 116. The highest BCUT2D eigenvalue weighted by molar-refractivity contribution is 6.22. The zero-order valence-corrected chi connectivity index (χ0v) is 105. The molecule has 0 radical (unpaired) electrons. The highest BCUT2D eigenvalue weighted by Gasteiger charge is 2.30. The molecule has 0 saturated carbocycles. The zero-order chi connectivity index (χ0) is 109. The molecule has 0 heterocycles. The van der Waals surface area contributed by atoms with E-state index >= 15 is 0 Å². The molecule has 0 aromatic heterocycles. The fourth-order valence-electron chi connectivity index (χ4n) is 19.8. The van der Waals surface area contributed by atoms with Gasteiger partial charge < -0.3 is 49.9 Å². The van der Waals surface area contributed by atoms with Crippen molar-refractivity contribution in [3.63, 3.8) is 0 Å². The Morgan fingerprint density at radius 2 is 0.333 bits per heavy atom. The molecule has 0 spiro atoms. The fraction of sp³-hybridized carbons (Fsp3) is 0.984. The largest absolute Gasteiger partial charge is 0.444 e. The zero-order valence-electron chi connectivity index (χ0n) is 100. The maximum atomic E-state index is 14.0. The van der Waals surface area contributed by atoms with Gasteiger partial charge in [0.2, 0.25) is 0 Å². The number of hydrogen-bond acceptors (Lipinski definition) is 16. The van der Waals surface area contributed by atoms with E-state index < -0.39 is 47.8 Å². The molecule has 10 atom stereocenters. The van der Waals surface area contributed by atoms with Crippen LogP contribution in [-0.2, 0) is 9.47 Å². The molecular formula is C123H252Cl6N8O10. The Morgan fingerprint density at radius 1 is 0.197 bits per heavy atom. The number of rotatable bonds is 108. The number of aliphatic hydroxyl groups is 6. The number of nitrogens with zero attached hydrogens (tertiary/aromatic N) is 8. The second-order valence-corrected chi connectivity index (χ2v) is 49.5. The van der Waals surface area contributed by atoms with Gasteiger partial charge in [-0.25, -0.2) is 9.59 Å². The lowest BCUT2D eigenvalue weighted by Gasteiger charge is -2.34. The molecule has 147 heavy (non-hydrogen) atoms. The Labute approximate surface area is 944 Å². The smallest absolute Gasteiger partial charge is 0.410 e. The van der Waals surface area contributed by atoms with Crippen molar-refractivity contribution in [1.29, 1.82) is 0 Å². The van der Waals surface area contributed by atoms with Crippen LogP contribution in [0.15, 0.2) is 0 Å². The van der Waals surface area contributed by atoms with E-state index in [1.165, 1.54) is 308 Å². The van der Waals surface area contributed by atoms with E-state index in [9.17, 15) is 35.1 Å². The summed E-state index contributed by atoms with van der Waals surface area (Å²) in [6, 6.07) is 0. The van der Waals surface area contributed by atoms with Gasteiger partial charge in [0.1, 0.15) is 11.2 Å². The number of amides is 2. The quantitative estimate of drug-likeness (QED) is 0.0248. The third-order valence-corrected chi connectivity index (χ3v) is 30.7. The first-order chi connectivity index (χ1) is 70.3. The molecule has 18 nitrogen and oxygen atoms in total. The molecule has 6 N–H and O–H groups in total. The van der Waals surface area contributed by atoms with Gasteiger partial charge in [0.25, 0.3) is 0 Å². The average molecular weight is 2220 g/mol. The molecule has 0 aromatic rings. The summed E-state index contributed by atoms with van der Waals surface area (Å²) in [5.41, 5.74) is -1.28. The van der Waals surface area contributed by atoms with Crippen molar-refractivity contribution in [2.24, 2.45) is 0 Å². The van der Waals surface area contributed by atoms with Gasteiger partial charge in [0.15, 0.2) is 0 Å². The van der Waals surface area contributed by atoms with Crippen LogP contribution in [0, 0.1) is 0 Å². The molecule has 0 bridgehead atoms. The predicted octanol–water partition coefficient (Wildman–Crippen LogP) is 33.6. The number of aliphatic hydroxyl groups excluding tert-OH is 6. The van der Waals surface area contributed by atoms with Crippen molar-refractivity contribution in [3.8, 4) is 0 Å². The van der Waals surface area contributed by atoms with Crippen LogP contribution in [0.3, 0.4) is 0 Å². The molecule has 886 valence electrons. The van der Waals surface area contributed by atoms with Crippen LogP contribution < -0.4 is 0 Å². The van der Waals surface area contributed by atoms with Gasteiger partial charge in [0, 0.05) is 173 Å². The lowest BCUT2D eigenvalue weighted by atomic mass is 10.1. The molecular weight excluding hydrogens is 1960 g/mol. The van der Waals surface area contributed by atoms with Gasteiger partial charge in [-0.1, -0.05) is 454 Å². The summed E-state index contributed by atoms with van der Waals surface area (Å²) in [7, 11) is 1.00. The van der Waals surface area contributed by atoms with Gasteiger partial charge in [0.05, 0.1) is 35.9 Å². The second kappa shape index (κ2) is 111. The Bertz CT molecular complexity index is 2280. The minimum absolute atomic E-state index is 0. The Hall–Kier alpha value is -0.200. The van der Waals surface area contributed by atoms with E-state index in [2.05, 4.69) is 98.6 Å². The molecule has 0 aliphatic rings. The van der Waals surface area contributed by atoms with E-state index in [0.717, 1.165) is 201 Å². The van der Waals surface area contributed by atoms with Crippen molar-refractivity contribution in [2.45, 2.75) is 629 Å². The van der Waals surface area contributed by atoms with E-state index in [1.54, 1.807) is 4.90 Å². The monoisotopic (exact) mass is 2210 g/mol. The van der Waals surface area contributed by atoms with Crippen molar-refractivity contribution >= 4 is 82.6 Å². The topological polar surface area (TPSA) is 200 Å². The summed E-state index contributed by atoms with van der Waals surface area (Å²) in [6.07, 6.45) is 78.4. The number of unbranched alkanes of at least 4 members (excludes halogenated alkanes) is 50. The minimum Gasteiger partial charge on any atom is -0.444 e. The molecule has 0 aromatic carbocycles. The predicted molar refractivity (Wildman–Crippen MR) is 648 cm³/mol. The van der Waals surface area contributed by atoms with Crippen LogP contribution in [-0.4, -0.2) is 302 Å². The van der Waals surface area contributed by atoms with E-state index in [-0.39, 0.29) is 51.9 Å². The summed E-state index contributed by atoms with van der Waals surface area (Å²) in [6.45, 7) is 48.4. The first-order valence-electron chi connectivity index (χ1n) is 62.7. The highest BCUT2D eigenvalue weighted by Crippen LogP contribution is 2.26. The summed E-state index contributed by atoms with van der Waals surface area (Å²) in [5.74, 6) is 0. The summed E-state index contributed by atoms with van der Waals surface area (Å²) < 4.78 is 12.0. The maximum Gasteiger partial charge on any atom is 0.410 e. The number of halogens is 6. The SMILES string of the molecule is CCCCCCCCC(Cl)CN(CCN(CCN(CC(Cl)CCCCCCCC)CC(Cl)CCCCCCCC)CCN(CC(Cl)CCCCCCCC)C(=O)OC(C)(C)C)CC(Cl)CCCCCCCC.CCCCCCCCC(O)CN(CCN(CCN(CC(O)CCCCCCCC)CC(O)CCCCCCCC)CCN(CC(O)CCCCCCCC)C(=O)OC(C)(C)C)CC(O)CCCCCCCC.CO.Cl. The van der Waals surface area contributed by atoms with E-state index in [0.29, 0.717) is 85.0 Å². The molecule has 0 aliphatic carbocycles. The van der Waals surface area contributed by atoms with Gasteiger partial charge in [-0.15, -0.1) is 70.4 Å². The normalized spacial score (nSPS) is 14.1. The molecule has 0 fully saturated rings. The first-order valence-corrected chi connectivity index (χ1v) is 64.9. The number of carbonyl (C=O) groups excluding carboxylic acids is 2. The molecule has 10 unspecified atom stereocenters. The molecule has 0 aliphatic heterocycles. The van der Waals surface area contributed by atoms with Crippen molar-refractivity contribution < 1.29 is 49.7 Å². The Morgan fingerprint density at radius 3 is 0.517 bits per heavy atom. The first kappa shape index (κ1) is 153. The molecule has 24 heteroatoms. The highest BCUT2D eigenvalue weighted by atomic mass is 35.5. The number of ether oxygens (including phenoxy) is 2. The van der Waals surface area contributed by atoms with Crippen LogP contribution in [0.5, 0.6) is 0 Å². The van der Waals surface area contributed by atoms with Crippen LogP contribution in [0.1, 0.15) is 560 Å². The van der Waals surface area contributed by atoms with Gasteiger partial charge in [-0.2, -0.15) is 0 Å². The van der Waals surface area contributed by atoms with Crippen LogP contribution in [0.4, 0.5) is 9.59 Å². The van der Waals surface area contributed by atoms with Crippen LogP contribution >= 0.6 is 70.4 Å². The summed E-state index contributed by atoms with van der Waals surface area (Å²) in [5, 5.41) is 64.3. The third kappa shape index (κ3) is 107. The number of alkyl halides is 5. The lowest BCUT2D eigenvalue weighted by molar-refractivity contribution is 0.00984. The Balaban J connectivity index is -0.00000136. The van der Waals surface area contributed by atoms with Crippen molar-refractivity contribution in [3.05, 3.63) is 0 Å². The fourth-order valence-corrected chi connectivity index (χ4v) is 21.5. The second-order valence-electron chi connectivity index (χ2n) is 46.4. The van der Waals surface area contributed by atoms with Crippen LogP contribution in [0.2, 0.25) is 0 Å². The number of hydrogen-bond donors (Lipinski definition) is 6. The third-order valence-electron chi connectivity index (χ3n) is 29.0. The van der Waals surface area contributed by atoms with E-state index in [4.69, 9.17) is 72.6 Å².